The summed E-state index contributed by atoms with van der Waals surface area (Å²) in [5.41, 5.74) is 0.523. The van der Waals surface area contributed by atoms with Crippen LogP contribution >= 0.6 is 0 Å². The molecular weight excluding hydrogens is 248 g/mol. The van der Waals surface area contributed by atoms with Crippen molar-refractivity contribution in [3.63, 3.8) is 0 Å². The number of aromatic nitrogens is 2. The Morgan fingerprint density at radius 2 is 2.15 bits per heavy atom. The molecule has 1 heterocycles. The van der Waals surface area contributed by atoms with Crippen molar-refractivity contribution in [2.45, 2.75) is 37.9 Å². The van der Waals surface area contributed by atoms with E-state index < -0.39 is 5.54 Å². The first-order valence-electron chi connectivity index (χ1n) is 6.96. The number of nitrogens with zero attached hydrogens (tertiary/aromatic N) is 3. The van der Waals surface area contributed by atoms with E-state index in [1.54, 1.807) is 6.20 Å². The minimum Gasteiger partial charge on any atom is -0.328 e. The summed E-state index contributed by atoms with van der Waals surface area (Å²) in [7, 11) is 0. The molecule has 1 N–H and O–H groups in total. The highest BCUT2D eigenvalue weighted by Gasteiger charge is 2.33. The smallest absolute Gasteiger partial charge is 0.139 e. The molecule has 1 aliphatic carbocycles. The predicted octanol–water partition coefficient (Wildman–Crippen LogP) is 2.58. The zero-order valence-corrected chi connectivity index (χ0v) is 11.6. The van der Waals surface area contributed by atoms with Gasteiger partial charge in [0.15, 0.2) is 0 Å². The normalized spacial score (nSPS) is 17.4. The lowest BCUT2D eigenvalue weighted by Crippen LogP contribution is -2.45. The van der Waals surface area contributed by atoms with Crippen molar-refractivity contribution in [2.75, 3.05) is 0 Å². The molecule has 0 bridgehead atoms. The van der Waals surface area contributed by atoms with Crippen LogP contribution in [-0.2, 0) is 6.54 Å². The summed E-state index contributed by atoms with van der Waals surface area (Å²) in [4.78, 5) is 4.43. The summed E-state index contributed by atoms with van der Waals surface area (Å²) in [5, 5.41) is 12.9. The second kappa shape index (κ2) is 5.10. The van der Waals surface area contributed by atoms with Crippen LogP contribution < -0.4 is 5.32 Å². The predicted molar refractivity (Wildman–Crippen MR) is 77.8 cm³/mol. The quantitative estimate of drug-likeness (QED) is 0.905. The van der Waals surface area contributed by atoms with Crippen molar-refractivity contribution in [3.8, 4) is 17.5 Å². The van der Waals surface area contributed by atoms with E-state index in [4.69, 9.17) is 0 Å². The molecular formula is C16H18N4. The largest absolute Gasteiger partial charge is 0.328 e. The number of hydrogen-bond acceptors (Lipinski definition) is 3. The molecule has 1 aromatic carbocycles. The van der Waals surface area contributed by atoms with Crippen molar-refractivity contribution >= 4 is 0 Å². The summed E-state index contributed by atoms with van der Waals surface area (Å²) in [5.74, 6) is 0.907. The molecule has 4 heteroatoms. The lowest BCUT2D eigenvalue weighted by Gasteiger charge is -2.24. The third-order valence-corrected chi connectivity index (χ3v) is 3.58. The molecule has 0 saturated heterocycles. The van der Waals surface area contributed by atoms with Gasteiger partial charge >= 0.3 is 0 Å². The number of nitriles is 1. The highest BCUT2D eigenvalue weighted by Crippen LogP contribution is 2.24. The fourth-order valence-electron chi connectivity index (χ4n) is 2.42. The second-order valence-corrected chi connectivity index (χ2v) is 5.61. The first kappa shape index (κ1) is 12.9. The van der Waals surface area contributed by atoms with E-state index in [9.17, 15) is 5.26 Å². The summed E-state index contributed by atoms with van der Waals surface area (Å²) >= 11 is 0. The molecule has 1 atom stereocenters. The van der Waals surface area contributed by atoms with Crippen LogP contribution in [0.15, 0.2) is 42.7 Å². The zero-order valence-electron chi connectivity index (χ0n) is 11.6. The van der Waals surface area contributed by atoms with Gasteiger partial charge < -0.3 is 4.57 Å². The Morgan fingerprint density at radius 1 is 1.40 bits per heavy atom. The molecule has 3 rings (SSSR count). The fourth-order valence-corrected chi connectivity index (χ4v) is 2.42. The number of hydrogen-bond donors (Lipinski definition) is 1. The molecule has 1 aromatic heterocycles. The first-order chi connectivity index (χ1) is 9.70. The fraction of sp³-hybridized carbons (Fsp3) is 0.375. The number of imidazole rings is 1. The van der Waals surface area contributed by atoms with Gasteiger partial charge in [0.25, 0.3) is 0 Å². The Labute approximate surface area is 119 Å². The molecule has 0 amide bonds. The van der Waals surface area contributed by atoms with Gasteiger partial charge in [-0.1, -0.05) is 30.3 Å². The Kier molecular flexibility index (Phi) is 3.29. The van der Waals surface area contributed by atoms with Crippen molar-refractivity contribution < 1.29 is 0 Å². The molecule has 2 aromatic rings. The Balaban J connectivity index is 1.84. The number of nitrogens with one attached hydrogen (secondary N) is 1. The minimum atomic E-state index is -0.550. The van der Waals surface area contributed by atoms with Crippen LogP contribution in [-0.4, -0.2) is 21.1 Å². The van der Waals surface area contributed by atoms with Gasteiger partial charge in [-0.15, -0.1) is 0 Å². The molecule has 102 valence electrons. The van der Waals surface area contributed by atoms with Crippen LogP contribution in [0.25, 0.3) is 11.4 Å². The second-order valence-electron chi connectivity index (χ2n) is 5.61. The zero-order chi connectivity index (χ0) is 14.0. The van der Waals surface area contributed by atoms with Crippen LogP contribution in [0.2, 0.25) is 0 Å². The third-order valence-electron chi connectivity index (χ3n) is 3.58. The Bertz CT molecular complexity index is 621. The third kappa shape index (κ3) is 2.73. The molecule has 1 fully saturated rings. The van der Waals surface area contributed by atoms with Gasteiger partial charge in [0.2, 0.25) is 0 Å². The molecule has 0 radical (unpaired) electrons. The Morgan fingerprint density at radius 3 is 2.80 bits per heavy atom. The molecule has 1 unspecified atom stereocenters. The van der Waals surface area contributed by atoms with E-state index in [2.05, 4.69) is 16.4 Å². The van der Waals surface area contributed by atoms with Crippen LogP contribution in [0.3, 0.4) is 0 Å². The summed E-state index contributed by atoms with van der Waals surface area (Å²) in [6.45, 7) is 2.56. The van der Waals surface area contributed by atoms with E-state index in [1.165, 1.54) is 12.8 Å². The summed E-state index contributed by atoms with van der Waals surface area (Å²) in [6, 6.07) is 13.0. The SMILES string of the molecule is CC(C#N)(Cn1ccnc1-c1ccccc1)NC1CC1. The monoisotopic (exact) mass is 266 g/mol. The van der Waals surface area contributed by atoms with Crippen molar-refractivity contribution in [1.82, 2.24) is 14.9 Å². The number of benzene rings is 1. The standard InChI is InChI=1S/C16H18N4/c1-16(11-17,19-14-7-8-14)12-20-10-9-18-15(20)13-5-3-2-4-6-13/h2-6,9-10,14,19H,7-8,12H2,1H3. The minimum absolute atomic E-state index is 0.503. The molecule has 1 aliphatic rings. The molecule has 4 nitrogen and oxygen atoms in total. The van der Waals surface area contributed by atoms with E-state index in [1.807, 2.05) is 48.0 Å². The first-order valence-corrected chi connectivity index (χ1v) is 6.96. The molecule has 0 aliphatic heterocycles. The van der Waals surface area contributed by atoms with Gasteiger partial charge in [0.1, 0.15) is 11.4 Å². The summed E-state index contributed by atoms with van der Waals surface area (Å²) in [6.07, 6.45) is 6.07. The van der Waals surface area contributed by atoms with Gasteiger partial charge in [-0.05, 0) is 19.8 Å². The van der Waals surface area contributed by atoms with Crippen molar-refractivity contribution in [2.24, 2.45) is 0 Å². The lowest BCUT2D eigenvalue weighted by molar-refractivity contribution is 0.386. The van der Waals surface area contributed by atoms with Gasteiger partial charge in [0, 0.05) is 24.0 Å². The van der Waals surface area contributed by atoms with Gasteiger partial charge in [-0.2, -0.15) is 5.26 Å². The number of rotatable bonds is 5. The average Bonchev–Trinajstić information content (AvgIpc) is 3.16. The van der Waals surface area contributed by atoms with E-state index in [-0.39, 0.29) is 0 Å². The van der Waals surface area contributed by atoms with E-state index in [0.717, 1.165) is 11.4 Å². The van der Waals surface area contributed by atoms with Crippen molar-refractivity contribution in [1.29, 1.82) is 5.26 Å². The maximum absolute atomic E-state index is 9.48. The molecule has 20 heavy (non-hydrogen) atoms. The van der Waals surface area contributed by atoms with E-state index >= 15 is 0 Å². The maximum atomic E-state index is 9.48. The van der Waals surface area contributed by atoms with Crippen molar-refractivity contribution in [3.05, 3.63) is 42.7 Å². The van der Waals surface area contributed by atoms with Crippen LogP contribution in [0.5, 0.6) is 0 Å². The van der Waals surface area contributed by atoms with Crippen LogP contribution in [0, 0.1) is 11.3 Å². The van der Waals surface area contributed by atoms with Gasteiger partial charge in [-0.25, -0.2) is 4.98 Å². The van der Waals surface area contributed by atoms with Gasteiger partial charge in [0.05, 0.1) is 12.6 Å². The highest BCUT2D eigenvalue weighted by molar-refractivity contribution is 5.55. The van der Waals surface area contributed by atoms with Crippen LogP contribution in [0.4, 0.5) is 0 Å². The molecule has 1 saturated carbocycles. The Hall–Kier alpha value is -2.12. The topological polar surface area (TPSA) is 53.6 Å². The van der Waals surface area contributed by atoms with E-state index in [0.29, 0.717) is 12.6 Å². The molecule has 0 spiro atoms. The van der Waals surface area contributed by atoms with Gasteiger partial charge in [-0.3, -0.25) is 5.32 Å². The lowest BCUT2D eigenvalue weighted by atomic mass is 10.0. The summed E-state index contributed by atoms with van der Waals surface area (Å²) < 4.78 is 2.05. The van der Waals surface area contributed by atoms with Crippen LogP contribution in [0.1, 0.15) is 19.8 Å². The highest BCUT2D eigenvalue weighted by atomic mass is 15.1. The maximum Gasteiger partial charge on any atom is 0.139 e. The average molecular weight is 266 g/mol.